The summed E-state index contributed by atoms with van der Waals surface area (Å²) in [5.41, 5.74) is -0.293. The van der Waals surface area contributed by atoms with Crippen LogP contribution in [0.4, 0.5) is 5.69 Å². The number of carbonyl (C=O) groups is 2. The molecule has 20 heavy (non-hydrogen) atoms. The molecule has 1 aromatic rings. The van der Waals surface area contributed by atoms with Gasteiger partial charge in [0.25, 0.3) is 11.6 Å². The fourth-order valence-electron chi connectivity index (χ4n) is 1.76. The Hall–Kier alpha value is -2.44. The zero-order valence-corrected chi connectivity index (χ0v) is 11.0. The summed E-state index contributed by atoms with van der Waals surface area (Å²) in [5, 5.41) is 22.1. The summed E-state index contributed by atoms with van der Waals surface area (Å²) in [7, 11) is 0. The summed E-state index contributed by atoms with van der Waals surface area (Å²) in [5.74, 6) is -1.70. The number of rotatable bonds is 7. The fraction of sp³-hybridized carbons (Fsp3) is 0.385. The zero-order valence-electron chi connectivity index (χ0n) is 11.0. The smallest absolute Gasteiger partial charge is 0.303 e. The minimum atomic E-state index is -0.934. The molecule has 0 heterocycles. The third kappa shape index (κ3) is 4.34. The first kappa shape index (κ1) is 15.6. The highest BCUT2D eigenvalue weighted by atomic mass is 16.6. The number of carboxylic acid groups (broad SMARTS) is 1. The molecule has 1 aromatic carbocycles. The van der Waals surface area contributed by atoms with Crippen molar-refractivity contribution in [3.8, 4) is 0 Å². The van der Waals surface area contributed by atoms with Crippen molar-refractivity contribution >= 4 is 17.6 Å². The van der Waals surface area contributed by atoms with Crippen LogP contribution < -0.4 is 5.32 Å². The van der Waals surface area contributed by atoms with E-state index in [2.05, 4.69) is 5.32 Å². The molecule has 0 fully saturated rings. The van der Waals surface area contributed by atoms with E-state index >= 15 is 0 Å². The number of hydrogen-bond acceptors (Lipinski definition) is 4. The zero-order chi connectivity index (χ0) is 15.1. The molecule has 0 spiro atoms. The molecule has 0 aromatic heterocycles. The van der Waals surface area contributed by atoms with Crippen LogP contribution in [-0.4, -0.2) is 28.5 Å². The summed E-state index contributed by atoms with van der Waals surface area (Å²) in [4.78, 5) is 32.7. The average molecular weight is 280 g/mol. The van der Waals surface area contributed by atoms with Crippen molar-refractivity contribution in [1.82, 2.24) is 5.32 Å². The van der Waals surface area contributed by atoms with E-state index in [1.807, 2.05) is 6.92 Å². The Kier molecular flexibility index (Phi) is 5.64. The lowest BCUT2D eigenvalue weighted by Crippen LogP contribution is -2.30. The largest absolute Gasteiger partial charge is 0.481 e. The summed E-state index contributed by atoms with van der Waals surface area (Å²) in [6.07, 6.45) is 0.553. The number of nitrogens with one attached hydrogen (secondary N) is 1. The molecule has 1 unspecified atom stereocenters. The van der Waals surface area contributed by atoms with Crippen molar-refractivity contribution in [3.05, 3.63) is 39.9 Å². The first-order valence-electron chi connectivity index (χ1n) is 6.19. The molecule has 7 nitrogen and oxygen atoms in total. The highest BCUT2D eigenvalue weighted by molar-refractivity contribution is 5.98. The third-order valence-corrected chi connectivity index (χ3v) is 2.94. The van der Waals surface area contributed by atoms with Crippen molar-refractivity contribution < 1.29 is 19.6 Å². The fourth-order valence-corrected chi connectivity index (χ4v) is 1.76. The predicted octanol–water partition coefficient (Wildman–Crippen LogP) is 1.83. The van der Waals surface area contributed by atoms with Gasteiger partial charge in [-0.1, -0.05) is 25.5 Å². The van der Waals surface area contributed by atoms with E-state index < -0.39 is 16.8 Å². The van der Waals surface area contributed by atoms with E-state index in [0.717, 1.165) is 0 Å². The van der Waals surface area contributed by atoms with Crippen molar-refractivity contribution in [2.24, 2.45) is 5.92 Å². The number of aliphatic carboxylic acids is 1. The van der Waals surface area contributed by atoms with Crippen LogP contribution in [-0.2, 0) is 4.79 Å². The molecule has 0 saturated heterocycles. The quantitative estimate of drug-likeness (QED) is 0.584. The Morgan fingerprint density at radius 2 is 2.05 bits per heavy atom. The number of nitro benzene ring substituents is 1. The van der Waals surface area contributed by atoms with Crippen LogP contribution in [0.1, 0.15) is 30.1 Å². The van der Waals surface area contributed by atoms with Crippen LogP contribution in [0.15, 0.2) is 24.3 Å². The predicted molar refractivity (Wildman–Crippen MR) is 71.5 cm³/mol. The maximum Gasteiger partial charge on any atom is 0.303 e. The normalized spacial score (nSPS) is 11.7. The molecular weight excluding hydrogens is 264 g/mol. The Balaban J connectivity index is 2.72. The Morgan fingerprint density at radius 3 is 2.60 bits per heavy atom. The van der Waals surface area contributed by atoms with Crippen molar-refractivity contribution in [2.75, 3.05) is 6.54 Å². The van der Waals surface area contributed by atoms with Gasteiger partial charge in [-0.05, 0) is 12.0 Å². The maximum absolute atomic E-state index is 11.9. The first-order chi connectivity index (χ1) is 9.45. The molecule has 0 radical (unpaired) electrons. The highest BCUT2D eigenvalue weighted by Crippen LogP contribution is 2.17. The molecule has 0 aliphatic rings. The Morgan fingerprint density at radius 1 is 1.40 bits per heavy atom. The lowest BCUT2D eigenvalue weighted by molar-refractivity contribution is -0.385. The van der Waals surface area contributed by atoms with Crippen molar-refractivity contribution in [2.45, 2.75) is 19.8 Å². The summed E-state index contributed by atoms with van der Waals surface area (Å²) in [6, 6.07) is 5.64. The van der Waals surface area contributed by atoms with Gasteiger partial charge >= 0.3 is 5.97 Å². The van der Waals surface area contributed by atoms with Crippen LogP contribution in [0.5, 0.6) is 0 Å². The van der Waals surface area contributed by atoms with E-state index in [0.29, 0.717) is 6.42 Å². The average Bonchev–Trinajstić information content (AvgIpc) is 2.42. The summed E-state index contributed by atoms with van der Waals surface area (Å²) < 4.78 is 0. The third-order valence-electron chi connectivity index (χ3n) is 2.94. The van der Waals surface area contributed by atoms with E-state index in [9.17, 15) is 19.7 Å². The number of para-hydroxylation sites is 1. The van der Waals surface area contributed by atoms with Gasteiger partial charge in [-0.3, -0.25) is 19.7 Å². The molecule has 1 atom stereocenters. The Labute approximate surface area is 115 Å². The second kappa shape index (κ2) is 7.22. The molecule has 108 valence electrons. The van der Waals surface area contributed by atoms with Crippen LogP contribution in [0.25, 0.3) is 0 Å². The van der Waals surface area contributed by atoms with Gasteiger partial charge in [0.05, 0.1) is 4.92 Å². The molecule has 7 heteroatoms. The minimum absolute atomic E-state index is 0.0253. The molecule has 0 saturated carbocycles. The van der Waals surface area contributed by atoms with Crippen LogP contribution >= 0.6 is 0 Å². The SMILES string of the molecule is CCC(CNC(=O)c1ccccc1[N+](=O)[O-])CC(=O)O. The van der Waals surface area contributed by atoms with Crippen molar-refractivity contribution in [3.63, 3.8) is 0 Å². The number of hydrogen-bond donors (Lipinski definition) is 2. The molecule has 0 aliphatic heterocycles. The Bertz CT molecular complexity index is 515. The van der Waals surface area contributed by atoms with Gasteiger partial charge in [-0.25, -0.2) is 0 Å². The van der Waals surface area contributed by atoms with Gasteiger partial charge in [0.1, 0.15) is 5.56 Å². The van der Waals surface area contributed by atoms with E-state index in [1.165, 1.54) is 24.3 Å². The van der Waals surface area contributed by atoms with Gasteiger partial charge in [0.2, 0.25) is 0 Å². The molecule has 0 bridgehead atoms. The van der Waals surface area contributed by atoms with E-state index in [1.54, 1.807) is 0 Å². The summed E-state index contributed by atoms with van der Waals surface area (Å²) in [6.45, 7) is 2.00. The molecule has 2 N–H and O–H groups in total. The monoisotopic (exact) mass is 280 g/mol. The van der Waals surface area contributed by atoms with Gasteiger partial charge in [0, 0.05) is 19.0 Å². The molecule has 0 aliphatic carbocycles. The first-order valence-corrected chi connectivity index (χ1v) is 6.19. The summed E-state index contributed by atoms with van der Waals surface area (Å²) >= 11 is 0. The molecular formula is C13H16N2O5. The van der Waals surface area contributed by atoms with Crippen LogP contribution in [0.3, 0.4) is 0 Å². The minimum Gasteiger partial charge on any atom is -0.481 e. The van der Waals surface area contributed by atoms with Gasteiger partial charge in [0.15, 0.2) is 0 Å². The number of amides is 1. The second-order valence-corrected chi connectivity index (χ2v) is 4.36. The van der Waals surface area contributed by atoms with Crippen LogP contribution in [0, 0.1) is 16.0 Å². The number of nitro groups is 1. The lowest BCUT2D eigenvalue weighted by atomic mass is 10.0. The number of carbonyl (C=O) groups excluding carboxylic acids is 1. The van der Waals surface area contributed by atoms with E-state index in [4.69, 9.17) is 5.11 Å². The van der Waals surface area contributed by atoms with Crippen molar-refractivity contribution in [1.29, 1.82) is 0 Å². The number of carboxylic acids is 1. The molecule has 1 rings (SSSR count). The van der Waals surface area contributed by atoms with E-state index in [-0.39, 0.29) is 30.1 Å². The number of benzene rings is 1. The van der Waals surface area contributed by atoms with Gasteiger partial charge < -0.3 is 10.4 Å². The van der Waals surface area contributed by atoms with Gasteiger partial charge in [-0.15, -0.1) is 0 Å². The maximum atomic E-state index is 11.9. The number of nitrogens with zero attached hydrogens (tertiary/aromatic N) is 1. The molecule has 1 amide bonds. The standard InChI is InChI=1S/C13H16N2O5/c1-2-9(7-12(16)17)8-14-13(18)10-5-3-4-6-11(10)15(19)20/h3-6,9H,2,7-8H2,1H3,(H,14,18)(H,16,17). The topological polar surface area (TPSA) is 110 Å². The highest BCUT2D eigenvalue weighted by Gasteiger charge is 2.20. The van der Waals surface area contributed by atoms with Crippen LogP contribution in [0.2, 0.25) is 0 Å². The van der Waals surface area contributed by atoms with Gasteiger partial charge in [-0.2, -0.15) is 0 Å². The second-order valence-electron chi connectivity index (χ2n) is 4.36. The lowest BCUT2D eigenvalue weighted by Gasteiger charge is -2.13.